The zero-order chi connectivity index (χ0) is 22.4. The van der Waals surface area contributed by atoms with Crippen molar-refractivity contribution in [1.82, 2.24) is 0 Å². The molecule has 1 heterocycles. The second-order valence-corrected chi connectivity index (χ2v) is 19.0. The number of ether oxygens (including phenoxy) is 1. The van der Waals surface area contributed by atoms with Crippen LogP contribution in [0.5, 0.6) is 0 Å². The Morgan fingerprint density at radius 3 is 2.35 bits per heavy atom. The Bertz CT molecular complexity index is 759. The van der Waals surface area contributed by atoms with Gasteiger partial charge in [-0.3, -0.25) is 0 Å². The third-order valence-electron chi connectivity index (χ3n) is 11.7. The maximum atomic E-state index is 6.90. The summed E-state index contributed by atoms with van der Waals surface area (Å²) in [5.41, 5.74) is 2.90. The van der Waals surface area contributed by atoms with Crippen LogP contribution in [0.15, 0.2) is 11.6 Å². The van der Waals surface area contributed by atoms with E-state index in [1.165, 1.54) is 51.4 Å². The molecule has 0 aromatic rings. The van der Waals surface area contributed by atoms with Crippen LogP contribution in [0.3, 0.4) is 0 Å². The van der Waals surface area contributed by atoms with Crippen molar-refractivity contribution in [2.24, 2.45) is 34.5 Å². The highest BCUT2D eigenvalue weighted by molar-refractivity contribution is 6.74. The zero-order valence-electron chi connectivity index (χ0n) is 21.6. The molecule has 2 nitrogen and oxygen atoms in total. The maximum absolute atomic E-state index is 6.90. The second kappa shape index (κ2) is 6.95. The smallest absolute Gasteiger partial charge is 0.192 e. The lowest BCUT2D eigenvalue weighted by atomic mass is 9.47. The largest absolute Gasteiger partial charge is 0.414 e. The standard InChI is InChI=1S/C28H48O2Si/c1-25(2,3)31(7,8)30-20-13-15-26(4)19(17-20)9-10-21-22-11-12-24(28(6)18-29-28)27(22,5)16-14-23(21)26/h9,20-24H,10-18H2,1-8H3/t20-,21-,22-,23-,24-,26-,27-,28-/m0/s1. The molecule has 0 amide bonds. The van der Waals surface area contributed by atoms with Gasteiger partial charge in [-0.1, -0.05) is 46.3 Å². The van der Waals surface area contributed by atoms with Gasteiger partial charge in [0.15, 0.2) is 8.32 Å². The van der Waals surface area contributed by atoms with Crippen LogP contribution in [0.1, 0.15) is 92.9 Å². The molecule has 31 heavy (non-hydrogen) atoms. The van der Waals surface area contributed by atoms with Gasteiger partial charge in [0, 0.05) is 6.10 Å². The summed E-state index contributed by atoms with van der Waals surface area (Å²) in [4.78, 5) is 0. The van der Waals surface area contributed by atoms with Crippen molar-refractivity contribution in [1.29, 1.82) is 0 Å². The number of hydrogen-bond acceptors (Lipinski definition) is 2. The summed E-state index contributed by atoms with van der Waals surface area (Å²) < 4.78 is 12.9. The molecule has 5 rings (SSSR count). The lowest BCUT2D eigenvalue weighted by Crippen LogP contribution is -2.52. The number of hydrogen-bond donors (Lipinski definition) is 0. The minimum Gasteiger partial charge on any atom is -0.414 e. The molecule has 1 saturated heterocycles. The first-order chi connectivity index (χ1) is 14.3. The van der Waals surface area contributed by atoms with Gasteiger partial charge in [-0.15, -0.1) is 0 Å². The number of allylic oxidation sites excluding steroid dienone is 1. The molecule has 8 atom stereocenters. The minimum atomic E-state index is -1.69. The van der Waals surface area contributed by atoms with Gasteiger partial charge >= 0.3 is 0 Å². The minimum absolute atomic E-state index is 0.203. The van der Waals surface area contributed by atoms with E-state index in [2.05, 4.69) is 60.7 Å². The SMILES string of the molecule is CC(C)(C)[Si](C)(C)O[C@H]1CC[C@@]2(C)C(=CC[C@H]3[C@@H]4CC[C@H]([C@]5(C)CO5)[C@@]4(C)CC[C@@H]32)C1. The highest BCUT2D eigenvalue weighted by atomic mass is 28.4. The summed E-state index contributed by atoms with van der Waals surface area (Å²) in [6.45, 7) is 20.6. The molecular weight excluding hydrogens is 396 g/mol. The molecular formula is C28H48O2Si. The highest BCUT2D eigenvalue weighted by Crippen LogP contribution is 2.69. The van der Waals surface area contributed by atoms with Crippen molar-refractivity contribution in [3.63, 3.8) is 0 Å². The van der Waals surface area contributed by atoms with Crippen LogP contribution < -0.4 is 0 Å². The summed E-state index contributed by atoms with van der Waals surface area (Å²) >= 11 is 0. The van der Waals surface area contributed by atoms with E-state index in [-0.39, 0.29) is 5.60 Å². The van der Waals surface area contributed by atoms with E-state index in [1.54, 1.807) is 5.57 Å². The van der Waals surface area contributed by atoms with Crippen LogP contribution in [0, 0.1) is 34.5 Å². The fourth-order valence-corrected chi connectivity index (χ4v) is 10.0. The molecule has 3 saturated carbocycles. The third-order valence-corrected chi connectivity index (χ3v) is 16.2. The number of fused-ring (bicyclic) bond motifs is 5. The average molecular weight is 445 g/mol. The molecule has 0 unspecified atom stereocenters. The molecule has 0 radical (unpaired) electrons. The van der Waals surface area contributed by atoms with Crippen LogP contribution in [-0.4, -0.2) is 26.6 Å². The first-order valence-corrected chi connectivity index (χ1v) is 16.2. The van der Waals surface area contributed by atoms with Crippen molar-refractivity contribution in [3.8, 4) is 0 Å². The van der Waals surface area contributed by atoms with Crippen molar-refractivity contribution in [2.45, 2.75) is 123 Å². The van der Waals surface area contributed by atoms with Crippen LogP contribution in [-0.2, 0) is 9.16 Å². The summed E-state index contributed by atoms with van der Waals surface area (Å²) in [5, 5.41) is 0.300. The normalized spacial score (nSPS) is 49.7. The molecule has 0 bridgehead atoms. The van der Waals surface area contributed by atoms with Crippen molar-refractivity contribution >= 4 is 8.32 Å². The van der Waals surface area contributed by atoms with Gasteiger partial charge in [-0.05, 0) is 111 Å². The van der Waals surface area contributed by atoms with Gasteiger partial charge in [-0.2, -0.15) is 0 Å². The lowest BCUT2D eigenvalue weighted by molar-refractivity contribution is -0.0588. The summed E-state index contributed by atoms with van der Waals surface area (Å²) in [7, 11) is -1.69. The van der Waals surface area contributed by atoms with E-state index < -0.39 is 8.32 Å². The summed E-state index contributed by atoms with van der Waals surface area (Å²) in [5.74, 6) is 3.50. The molecule has 0 aromatic heterocycles. The van der Waals surface area contributed by atoms with Crippen LogP contribution >= 0.6 is 0 Å². The lowest BCUT2D eigenvalue weighted by Gasteiger charge is -2.58. The molecule has 5 aliphatic rings. The average Bonchev–Trinajstić information content (AvgIpc) is 3.29. The van der Waals surface area contributed by atoms with Crippen LogP contribution in [0.25, 0.3) is 0 Å². The monoisotopic (exact) mass is 444 g/mol. The van der Waals surface area contributed by atoms with E-state index in [1.807, 2.05) is 0 Å². The fraction of sp³-hybridized carbons (Fsp3) is 0.929. The topological polar surface area (TPSA) is 21.8 Å². The number of epoxide rings is 1. The van der Waals surface area contributed by atoms with Crippen LogP contribution in [0.2, 0.25) is 18.1 Å². The van der Waals surface area contributed by atoms with Gasteiger partial charge in [0.25, 0.3) is 0 Å². The molecule has 0 aromatic carbocycles. The van der Waals surface area contributed by atoms with E-state index in [9.17, 15) is 0 Å². The molecule has 4 fully saturated rings. The Hall–Kier alpha value is -0.123. The zero-order valence-corrected chi connectivity index (χ0v) is 22.6. The summed E-state index contributed by atoms with van der Waals surface area (Å²) in [6.07, 6.45) is 14.0. The van der Waals surface area contributed by atoms with E-state index in [0.717, 1.165) is 30.3 Å². The Morgan fingerprint density at radius 2 is 1.71 bits per heavy atom. The third kappa shape index (κ3) is 3.38. The molecule has 176 valence electrons. The molecule has 0 spiro atoms. The second-order valence-electron chi connectivity index (χ2n) is 14.3. The first kappa shape index (κ1) is 22.7. The summed E-state index contributed by atoms with van der Waals surface area (Å²) in [6, 6.07) is 0. The van der Waals surface area contributed by atoms with Gasteiger partial charge in [0.05, 0.1) is 12.2 Å². The predicted octanol–water partition coefficient (Wildman–Crippen LogP) is 7.74. The predicted molar refractivity (Wildman–Crippen MR) is 132 cm³/mol. The van der Waals surface area contributed by atoms with Gasteiger partial charge in [-0.25, -0.2) is 0 Å². The fourth-order valence-electron chi connectivity index (χ4n) is 8.64. The quantitative estimate of drug-likeness (QED) is 0.252. The molecule has 1 aliphatic heterocycles. The molecule has 4 aliphatic carbocycles. The van der Waals surface area contributed by atoms with E-state index in [4.69, 9.17) is 9.16 Å². The molecule has 3 heteroatoms. The van der Waals surface area contributed by atoms with Gasteiger partial charge in [0.2, 0.25) is 0 Å². The van der Waals surface area contributed by atoms with Crippen molar-refractivity contribution < 1.29 is 9.16 Å². The van der Waals surface area contributed by atoms with Gasteiger partial charge < -0.3 is 9.16 Å². The van der Waals surface area contributed by atoms with Crippen molar-refractivity contribution in [2.75, 3.05) is 6.61 Å². The first-order valence-electron chi connectivity index (χ1n) is 13.3. The molecule has 0 N–H and O–H groups in total. The Balaban J connectivity index is 1.34. The Kier molecular flexibility index (Phi) is 5.08. The maximum Gasteiger partial charge on any atom is 0.192 e. The van der Waals surface area contributed by atoms with Gasteiger partial charge in [0.1, 0.15) is 0 Å². The van der Waals surface area contributed by atoms with Crippen molar-refractivity contribution in [3.05, 3.63) is 11.6 Å². The number of rotatable bonds is 3. The van der Waals surface area contributed by atoms with Crippen LogP contribution in [0.4, 0.5) is 0 Å². The van der Waals surface area contributed by atoms with E-state index >= 15 is 0 Å². The Labute approximate surface area is 193 Å². The van der Waals surface area contributed by atoms with E-state index in [0.29, 0.717) is 22.0 Å². The highest BCUT2D eigenvalue weighted by Gasteiger charge is 2.64. The Morgan fingerprint density at radius 1 is 1.00 bits per heavy atom.